The SMILES string of the molecule is CCOc1ccc(C(=O)Nc2ccccc2C(F)(F)F)cc1COC. The average molecular weight is 353 g/mol. The van der Waals surface area contributed by atoms with Crippen LogP contribution >= 0.6 is 0 Å². The Bertz CT molecular complexity index is 745. The molecule has 134 valence electrons. The Morgan fingerprint density at radius 3 is 2.52 bits per heavy atom. The molecule has 0 heterocycles. The Hall–Kier alpha value is -2.54. The summed E-state index contributed by atoms with van der Waals surface area (Å²) in [5.74, 6) is -0.0753. The van der Waals surface area contributed by atoms with Crippen LogP contribution in [0, 0.1) is 0 Å². The van der Waals surface area contributed by atoms with E-state index < -0.39 is 17.6 Å². The molecule has 0 aliphatic heterocycles. The molecule has 0 aliphatic carbocycles. The molecule has 0 bridgehead atoms. The van der Waals surface area contributed by atoms with E-state index in [1.54, 1.807) is 12.1 Å². The molecule has 0 saturated heterocycles. The second-order valence-corrected chi connectivity index (χ2v) is 5.19. The van der Waals surface area contributed by atoms with E-state index in [9.17, 15) is 18.0 Å². The van der Waals surface area contributed by atoms with Crippen LogP contribution in [0.3, 0.4) is 0 Å². The predicted octanol–water partition coefficient (Wildman–Crippen LogP) is 4.50. The molecule has 0 radical (unpaired) electrons. The standard InChI is InChI=1S/C18H18F3NO3/c1-3-25-16-9-8-12(10-13(16)11-24-2)17(23)22-15-7-5-4-6-14(15)18(19,20)21/h4-10H,3,11H2,1-2H3,(H,22,23). The molecular formula is C18H18F3NO3. The number of ether oxygens (including phenoxy) is 2. The number of halogens is 3. The number of para-hydroxylation sites is 1. The minimum Gasteiger partial charge on any atom is -0.494 e. The van der Waals surface area contributed by atoms with Gasteiger partial charge in [0.1, 0.15) is 5.75 Å². The number of methoxy groups -OCH3 is 1. The Morgan fingerprint density at radius 2 is 1.88 bits per heavy atom. The van der Waals surface area contributed by atoms with E-state index >= 15 is 0 Å². The van der Waals surface area contributed by atoms with E-state index in [4.69, 9.17) is 9.47 Å². The molecule has 0 saturated carbocycles. The lowest BCUT2D eigenvalue weighted by Gasteiger charge is -2.15. The smallest absolute Gasteiger partial charge is 0.418 e. The zero-order valence-electron chi connectivity index (χ0n) is 13.8. The first kappa shape index (κ1) is 18.8. The van der Waals surface area contributed by atoms with Gasteiger partial charge in [-0.2, -0.15) is 13.2 Å². The summed E-state index contributed by atoms with van der Waals surface area (Å²) in [5, 5.41) is 2.31. The Labute approximate surface area is 143 Å². The summed E-state index contributed by atoms with van der Waals surface area (Å²) in [5.41, 5.74) is -0.331. The van der Waals surface area contributed by atoms with Crippen LogP contribution in [-0.4, -0.2) is 19.6 Å². The maximum Gasteiger partial charge on any atom is 0.418 e. The van der Waals surface area contributed by atoms with E-state index in [-0.39, 0.29) is 17.9 Å². The number of amides is 1. The number of alkyl halides is 3. The minimum atomic E-state index is -4.55. The van der Waals surface area contributed by atoms with Crippen molar-refractivity contribution in [3.05, 3.63) is 59.2 Å². The molecule has 0 aliphatic rings. The van der Waals surface area contributed by atoms with E-state index in [0.29, 0.717) is 17.9 Å². The summed E-state index contributed by atoms with van der Waals surface area (Å²) in [6.45, 7) is 2.49. The number of nitrogens with one attached hydrogen (secondary N) is 1. The molecule has 0 aromatic heterocycles. The minimum absolute atomic E-state index is 0.215. The first-order valence-corrected chi connectivity index (χ1v) is 7.59. The molecule has 1 N–H and O–H groups in total. The predicted molar refractivity (Wildman–Crippen MR) is 87.7 cm³/mol. The van der Waals surface area contributed by atoms with Crippen molar-refractivity contribution in [2.45, 2.75) is 19.7 Å². The molecule has 0 atom stereocenters. The van der Waals surface area contributed by atoms with Crippen LogP contribution < -0.4 is 10.1 Å². The van der Waals surface area contributed by atoms with Gasteiger partial charge in [0, 0.05) is 18.2 Å². The third-order valence-electron chi connectivity index (χ3n) is 3.40. The number of rotatable bonds is 6. The van der Waals surface area contributed by atoms with Crippen molar-refractivity contribution < 1.29 is 27.4 Å². The molecule has 7 heteroatoms. The van der Waals surface area contributed by atoms with E-state index in [0.717, 1.165) is 6.07 Å². The van der Waals surface area contributed by atoms with Crippen LogP contribution in [0.2, 0.25) is 0 Å². The van der Waals surface area contributed by atoms with Gasteiger partial charge >= 0.3 is 6.18 Å². The summed E-state index contributed by atoms with van der Waals surface area (Å²) in [6.07, 6.45) is -4.55. The second-order valence-electron chi connectivity index (χ2n) is 5.19. The molecule has 4 nitrogen and oxygen atoms in total. The van der Waals surface area contributed by atoms with Crippen molar-refractivity contribution in [1.29, 1.82) is 0 Å². The van der Waals surface area contributed by atoms with Gasteiger partial charge in [0.15, 0.2) is 0 Å². The van der Waals surface area contributed by atoms with Crippen LogP contribution in [0.15, 0.2) is 42.5 Å². The maximum atomic E-state index is 13.0. The molecule has 2 aromatic carbocycles. The highest BCUT2D eigenvalue weighted by Crippen LogP contribution is 2.34. The van der Waals surface area contributed by atoms with Gasteiger partial charge in [0.2, 0.25) is 0 Å². The third-order valence-corrected chi connectivity index (χ3v) is 3.40. The number of benzene rings is 2. The van der Waals surface area contributed by atoms with E-state index in [1.165, 1.54) is 31.4 Å². The number of hydrogen-bond donors (Lipinski definition) is 1. The second kappa shape index (κ2) is 8.02. The summed E-state index contributed by atoms with van der Waals surface area (Å²) < 4.78 is 49.6. The normalized spacial score (nSPS) is 11.2. The molecule has 1 amide bonds. The van der Waals surface area contributed by atoms with Crippen molar-refractivity contribution in [2.75, 3.05) is 19.0 Å². The van der Waals surface area contributed by atoms with Crippen molar-refractivity contribution in [3.8, 4) is 5.75 Å². The van der Waals surface area contributed by atoms with Gasteiger partial charge in [-0.05, 0) is 37.3 Å². The highest BCUT2D eigenvalue weighted by molar-refractivity contribution is 6.04. The van der Waals surface area contributed by atoms with Crippen molar-refractivity contribution in [1.82, 2.24) is 0 Å². The lowest BCUT2D eigenvalue weighted by atomic mass is 10.1. The monoisotopic (exact) mass is 353 g/mol. The zero-order valence-corrected chi connectivity index (χ0v) is 13.8. The van der Waals surface area contributed by atoms with Crippen LogP contribution in [0.1, 0.15) is 28.4 Å². The summed E-state index contributed by atoms with van der Waals surface area (Å²) in [7, 11) is 1.50. The summed E-state index contributed by atoms with van der Waals surface area (Å²) in [6, 6.07) is 9.47. The topological polar surface area (TPSA) is 47.6 Å². The fourth-order valence-electron chi connectivity index (χ4n) is 2.32. The maximum absolute atomic E-state index is 13.0. The molecule has 0 fully saturated rings. The van der Waals surface area contributed by atoms with Gasteiger partial charge < -0.3 is 14.8 Å². The van der Waals surface area contributed by atoms with Crippen LogP contribution in [0.4, 0.5) is 18.9 Å². The lowest BCUT2D eigenvalue weighted by Crippen LogP contribution is -2.17. The van der Waals surface area contributed by atoms with Gasteiger partial charge in [0.05, 0.1) is 24.5 Å². The Kier molecular flexibility index (Phi) is 6.03. The molecule has 0 unspecified atom stereocenters. The molecule has 0 spiro atoms. The van der Waals surface area contributed by atoms with Crippen molar-refractivity contribution in [3.63, 3.8) is 0 Å². The van der Waals surface area contributed by atoms with Crippen molar-refractivity contribution >= 4 is 11.6 Å². The van der Waals surface area contributed by atoms with Crippen LogP contribution in [-0.2, 0) is 17.5 Å². The van der Waals surface area contributed by atoms with Gasteiger partial charge in [-0.3, -0.25) is 4.79 Å². The highest BCUT2D eigenvalue weighted by Gasteiger charge is 2.33. The summed E-state index contributed by atoms with van der Waals surface area (Å²) >= 11 is 0. The largest absolute Gasteiger partial charge is 0.494 e. The fraction of sp³-hybridized carbons (Fsp3) is 0.278. The molecular weight excluding hydrogens is 335 g/mol. The molecule has 2 aromatic rings. The van der Waals surface area contributed by atoms with Gasteiger partial charge in [-0.15, -0.1) is 0 Å². The Balaban J connectivity index is 2.29. The van der Waals surface area contributed by atoms with Crippen molar-refractivity contribution in [2.24, 2.45) is 0 Å². The average Bonchev–Trinajstić information content (AvgIpc) is 2.56. The highest BCUT2D eigenvalue weighted by atomic mass is 19.4. The van der Waals surface area contributed by atoms with Gasteiger partial charge in [-0.1, -0.05) is 12.1 Å². The lowest BCUT2D eigenvalue weighted by molar-refractivity contribution is -0.136. The quantitative estimate of drug-likeness (QED) is 0.832. The number of carbonyl (C=O) groups is 1. The van der Waals surface area contributed by atoms with Gasteiger partial charge in [-0.25, -0.2) is 0 Å². The Morgan fingerprint density at radius 1 is 1.16 bits per heavy atom. The number of carbonyl (C=O) groups excluding carboxylic acids is 1. The zero-order chi connectivity index (χ0) is 18.4. The van der Waals surface area contributed by atoms with Crippen LogP contribution in [0.25, 0.3) is 0 Å². The summed E-state index contributed by atoms with van der Waals surface area (Å²) in [4.78, 5) is 12.4. The first-order valence-electron chi connectivity index (χ1n) is 7.59. The van der Waals surface area contributed by atoms with E-state index in [1.807, 2.05) is 6.92 Å². The first-order chi connectivity index (χ1) is 11.9. The fourth-order valence-corrected chi connectivity index (χ4v) is 2.32. The van der Waals surface area contributed by atoms with Gasteiger partial charge in [0.25, 0.3) is 5.91 Å². The van der Waals surface area contributed by atoms with Crippen LogP contribution in [0.5, 0.6) is 5.75 Å². The molecule has 25 heavy (non-hydrogen) atoms. The number of hydrogen-bond acceptors (Lipinski definition) is 3. The third kappa shape index (κ3) is 4.73. The molecule has 2 rings (SSSR count). The van der Waals surface area contributed by atoms with E-state index in [2.05, 4.69) is 5.32 Å². The number of anilines is 1.